The van der Waals surface area contributed by atoms with Crippen LogP contribution in [0.15, 0.2) is 16.6 Å². The van der Waals surface area contributed by atoms with E-state index in [9.17, 15) is 4.39 Å². The molecule has 2 aliphatic rings. The second-order valence-electron chi connectivity index (χ2n) is 6.17. The predicted octanol–water partition coefficient (Wildman–Crippen LogP) is 3.96. The molecule has 2 N–H and O–H groups in total. The summed E-state index contributed by atoms with van der Waals surface area (Å²) >= 11 is 3.25. The summed E-state index contributed by atoms with van der Waals surface area (Å²) in [6.45, 7) is 0.926. The van der Waals surface area contributed by atoms with Crippen LogP contribution in [0.1, 0.15) is 25.7 Å². The molecule has 0 amide bonds. The average Bonchev–Trinajstić information content (AvgIpc) is 3.28. The van der Waals surface area contributed by atoms with Crippen LogP contribution in [-0.2, 0) is 6.54 Å². The SMILES string of the molecule is Nc1nc2cc(F)c(Br)cc2n1CC(C1CC1)C1CC1. The first kappa shape index (κ1) is 12.6. The lowest BCUT2D eigenvalue weighted by Gasteiger charge is -2.17. The molecule has 0 saturated heterocycles. The number of hydrogen-bond acceptors (Lipinski definition) is 2. The molecule has 1 aromatic carbocycles. The molecule has 3 nitrogen and oxygen atoms in total. The molecule has 0 spiro atoms. The van der Waals surface area contributed by atoms with Crippen LogP contribution in [0.5, 0.6) is 0 Å². The molecular weight excluding hydrogens is 321 g/mol. The Morgan fingerprint density at radius 3 is 2.55 bits per heavy atom. The number of anilines is 1. The van der Waals surface area contributed by atoms with Gasteiger partial charge in [0.15, 0.2) is 0 Å². The average molecular weight is 338 g/mol. The molecule has 1 aromatic heterocycles. The monoisotopic (exact) mass is 337 g/mol. The Labute approximate surface area is 125 Å². The Hall–Kier alpha value is -1.10. The van der Waals surface area contributed by atoms with Crippen LogP contribution in [0.25, 0.3) is 11.0 Å². The first-order chi connectivity index (χ1) is 9.63. The molecule has 0 bridgehead atoms. The minimum absolute atomic E-state index is 0.289. The zero-order valence-electron chi connectivity index (χ0n) is 11.1. The van der Waals surface area contributed by atoms with E-state index in [4.69, 9.17) is 5.73 Å². The van der Waals surface area contributed by atoms with Gasteiger partial charge in [-0.15, -0.1) is 0 Å². The molecule has 2 saturated carbocycles. The summed E-state index contributed by atoms with van der Waals surface area (Å²) in [5.74, 6) is 2.66. The van der Waals surface area contributed by atoms with Crippen LogP contribution in [-0.4, -0.2) is 9.55 Å². The molecule has 5 heteroatoms. The lowest BCUT2D eigenvalue weighted by molar-refractivity contribution is 0.355. The number of aromatic nitrogens is 2. The van der Waals surface area contributed by atoms with E-state index < -0.39 is 0 Å². The maximum Gasteiger partial charge on any atom is 0.201 e. The predicted molar refractivity (Wildman–Crippen MR) is 80.7 cm³/mol. The Morgan fingerprint density at radius 1 is 1.30 bits per heavy atom. The van der Waals surface area contributed by atoms with Gasteiger partial charge in [0.1, 0.15) is 5.82 Å². The van der Waals surface area contributed by atoms with E-state index in [1.807, 2.05) is 0 Å². The summed E-state index contributed by atoms with van der Waals surface area (Å²) < 4.78 is 16.1. The van der Waals surface area contributed by atoms with E-state index >= 15 is 0 Å². The number of hydrogen-bond donors (Lipinski definition) is 1. The quantitative estimate of drug-likeness (QED) is 0.917. The van der Waals surface area contributed by atoms with Gasteiger partial charge in [0, 0.05) is 12.6 Å². The minimum Gasteiger partial charge on any atom is -0.369 e. The Balaban J connectivity index is 1.74. The topological polar surface area (TPSA) is 43.8 Å². The number of nitrogen functional groups attached to an aromatic ring is 1. The van der Waals surface area contributed by atoms with Gasteiger partial charge in [-0.1, -0.05) is 0 Å². The summed E-state index contributed by atoms with van der Waals surface area (Å²) in [5, 5.41) is 0. The van der Waals surface area contributed by atoms with Crippen molar-refractivity contribution >= 4 is 32.9 Å². The summed E-state index contributed by atoms with van der Waals surface area (Å²) in [6.07, 6.45) is 5.41. The number of nitrogens with two attached hydrogens (primary N) is 1. The number of benzene rings is 1. The van der Waals surface area contributed by atoms with E-state index in [1.54, 1.807) is 6.07 Å². The largest absolute Gasteiger partial charge is 0.369 e. The van der Waals surface area contributed by atoms with Gasteiger partial charge in [0.05, 0.1) is 15.5 Å². The second kappa shape index (κ2) is 4.45. The van der Waals surface area contributed by atoms with Crippen molar-refractivity contribution in [1.82, 2.24) is 9.55 Å². The van der Waals surface area contributed by atoms with E-state index in [1.165, 1.54) is 31.7 Å². The molecule has 1 heterocycles. The van der Waals surface area contributed by atoms with Crippen molar-refractivity contribution in [1.29, 1.82) is 0 Å². The number of halogens is 2. The van der Waals surface area contributed by atoms with Crippen LogP contribution in [0, 0.1) is 23.6 Å². The van der Waals surface area contributed by atoms with Gasteiger partial charge < -0.3 is 10.3 Å². The molecule has 2 aromatic rings. The molecule has 2 fully saturated rings. The summed E-state index contributed by atoms with van der Waals surface area (Å²) in [7, 11) is 0. The van der Waals surface area contributed by atoms with Crippen LogP contribution in [0.3, 0.4) is 0 Å². The van der Waals surface area contributed by atoms with E-state index in [0.29, 0.717) is 15.9 Å². The van der Waals surface area contributed by atoms with Gasteiger partial charge in [0.2, 0.25) is 5.95 Å². The summed E-state index contributed by atoms with van der Waals surface area (Å²) in [6, 6.07) is 3.25. The fourth-order valence-corrected chi connectivity index (χ4v) is 3.60. The van der Waals surface area contributed by atoms with E-state index in [0.717, 1.165) is 29.8 Å². The third kappa shape index (κ3) is 2.12. The maximum absolute atomic E-state index is 13.6. The molecule has 4 rings (SSSR count). The van der Waals surface area contributed by atoms with E-state index in [2.05, 4.69) is 25.5 Å². The Bertz CT molecular complexity index is 661. The first-order valence-electron chi connectivity index (χ1n) is 7.24. The molecule has 0 aliphatic heterocycles. The standard InChI is InChI=1S/C15H17BrFN3/c16-11-5-14-13(6-12(11)17)19-15(18)20(14)7-10(8-1-2-8)9-3-4-9/h5-6,8-10H,1-4,7H2,(H2,18,19). The van der Waals surface area contributed by atoms with Gasteiger partial charge in [-0.05, 0) is 65.4 Å². The molecule has 0 unspecified atom stereocenters. The number of rotatable bonds is 4. The lowest BCUT2D eigenvalue weighted by atomic mass is 9.98. The van der Waals surface area contributed by atoms with Crippen molar-refractivity contribution in [3.8, 4) is 0 Å². The molecule has 0 atom stereocenters. The fraction of sp³-hybridized carbons (Fsp3) is 0.533. The fourth-order valence-electron chi connectivity index (χ4n) is 3.27. The van der Waals surface area contributed by atoms with E-state index in [-0.39, 0.29) is 5.82 Å². The van der Waals surface area contributed by atoms with Crippen LogP contribution in [0.4, 0.5) is 10.3 Å². The molecule has 2 aliphatic carbocycles. The Morgan fingerprint density at radius 2 is 1.95 bits per heavy atom. The molecular formula is C15H17BrFN3. The van der Waals surface area contributed by atoms with Crippen molar-refractivity contribution in [2.45, 2.75) is 32.2 Å². The van der Waals surface area contributed by atoms with Gasteiger partial charge in [-0.25, -0.2) is 9.37 Å². The van der Waals surface area contributed by atoms with Crippen LogP contribution >= 0.6 is 15.9 Å². The lowest BCUT2D eigenvalue weighted by Crippen LogP contribution is -2.16. The number of nitrogens with zero attached hydrogens (tertiary/aromatic N) is 2. The van der Waals surface area contributed by atoms with Gasteiger partial charge in [0.25, 0.3) is 0 Å². The van der Waals surface area contributed by atoms with Crippen molar-refractivity contribution in [3.63, 3.8) is 0 Å². The highest BCUT2D eigenvalue weighted by Crippen LogP contribution is 2.50. The van der Waals surface area contributed by atoms with Crippen molar-refractivity contribution in [3.05, 3.63) is 22.4 Å². The molecule has 106 valence electrons. The number of imidazole rings is 1. The smallest absolute Gasteiger partial charge is 0.201 e. The van der Waals surface area contributed by atoms with Gasteiger partial charge >= 0.3 is 0 Å². The first-order valence-corrected chi connectivity index (χ1v) is 8.03. The van der Waals surface area contributed by atoms with Crippen molar-refractivity contribution < 1.29 is 4.39 Å². The molecule has 0 radical (unpaired) electrons. The third-order valence-corrected chi connectivity index (χ3v) is 5.28. The summed E-state index contributed by atoms with van der Waals surface area (Å²) in [4.78, 5) is 4.31. The van der Waals surface area contributed by atoms with Crippen LogP contribution in [0.2, 0.25) is 0 Å². The maximum atomic E-state index is 13.6. The molecule has 20 heavy (non-hydrogen) atoms. The highest BCUT2D eigenvalue weighted by atomic mass is 79.9. The number of fused-ring (bicyclic) bond motifs is 1. The normalized spacial score (nSPS) is 19.1. The minimum atomic E-state index is -0.289. The van der Waals surface area contributed by atoms with Gasteiger partial charge in [-0.2, -0.15) is 0 Å². The Kier molecular flexibility index (Phi) is 2.81. The third-order valence-electron chi connectivity index (χ3n) is 4.67. The summed E-state index contributed by atoms with van der Waals surface area (Å²) in [5.41, 5.74) is 7.64. The highest BCUT2D eigenvalue weighted by molar-refractivity contribution is 9.10. The highest BCUT2D eigenvalue weighted by Gasteiger charge is 2.41. The van der Waals surface area contributed by atoms with Crippen molar-refractivity contribution in [2.24, 2.45) is 17.8 Å². The van der Waals surface area contributed by atoms with Gasteiger partial charge in [-0.3, -0.25) is 0 Å². The zero-order chi connectivity index (χ0) is 13.9. The zero-order valence-corrected chi connectivity index (χ0v) is 12.7. The second-order valence-corrected chi connectivity index (χ2v) is 7.03. The van der Waals surface area contributed by atoms with Crippen molar-refractivity contribution in [2.75, 3.05) is 5.73 Å². The van der Waals surface area contributed by atoms with Crippen LogP contribution < -0.4 is 5.73 Å².